The average Bonchev–Trinajstić information content (AvgIpc) is 2.78. The number of hydrogen-bond donors (Lipinski definition) is 2. The van der Waals surface area contributed by atoms with Crippen molar-refractivity contribution >= 4 is 29.9 Å². The Bertz CT molecular complexity index is 862. The minimum Gasteiger partial charge on any atom is -0.493 e. The maximum atomic E-state index is 13.8. The van der Waals surface area contributed by atoms with Crippen LogP contribution in [-0.2, 0) is 11.3 Å². The highest BCUT2D eigenvalue weighted by Gasteiger charge is 2.23. The summed E-state index contributed by atoms with van der Waals surface area (Å²) in [6, 6.07) is 12.3. The topological polar surface area (TPSA) is 81.3 Å². The minimum absolute atomic E-state index is 0. The van der Waals surface area contributed by atoms with Crippen LogP contribution in [0.2, 0.25) is 0 Å². The predicted octanol–water partition coefficient (Wildman–Crippen LogP) is 2.94. The first-order chi connectivity index (χ1) is 14.6. The molecule has 1 unspecified atom stereocenters. The molecule has 0 aromatic heterocycles. The summed E-state index contributed by atoms with van der Waals surface area (Å²) in [6.07, 6.45) is 0. The Morgan fingerprint density at radius 2 is 1.90 bits per heavy atom. The molecule has 0 spiro atoms. The SMILES string of the molecule is COc1ccc(CN=C(N)NCC(c2cccc(F)c2)N2CCOCC2)cc1OC.I. The number of methoxy groups -OCH3 is 2. The number of benzene rings is 2. The first-order valence-electron chi connectivity index (χ1n) is 9.92. The molecule has 31 heavy (non-hydrogen) atoms. The van der Waals surface area contributed by atoms with Gasteiger partial charge in [0.05, 0.1) is 40.0 Å². The summed E-state index contributed by atoms with van der Waals surface area (Å²) in [4.78, 5) is 6.69. The number of aliphatic imine (C=N–C) groups is 1. The third-order valence-corrected chi connectivity index (χ3v) is 5.08. The third kappa shape index (κ3) is 7.22. The van der Waals surface area contributed by atoms with E-state index in [1.54, 1.807) is 26.4 Å². The molecule has 1 saturated heterocycles. The summed E-state index contributed by atoms with van der Waals surface area (Å²) >= 11 is 0. The van der Waals surface area contributed by atoms with Gasteiger partial charge < -0.3 is 25.3 Å². The standard InChI is InChI=1S/C22H29FN4O3.HI/c1-28-20-7-6-16(12-21(20)29-2)14-25-22(24)26-15-19(27-8-10-30-11-9-27)17-4-3-5-18(23)13-17;/h3-7,12-13,19H,8-11,14-15H2,1-2H3,(H3,24,25,26);1H. The summed E-state index contributed by atoms with van der Waals surface area (Å²) in [6.45, 7) is 3.81. The molecule has 2 aromatic rings. The fraction of sp³-hybridized carbons (Fsp3) is 0.409. The van der Waals surface area contributed by atoms with Crippen molar-refractivity contribution in [3.63, 3.8) is 0 Å². The number of nitrogens with two attached hydrogens (primary N) is 1. The van der Waals surface area contributed by atoms with Gasteiger partial charge in [0, 0.05) is 19.6 Å². The van der Waals surface area contributed by atoms with E-state index in [4.69, 9.17) is 19.9 Å². The number of guanidine groups is 1. The lowest BCUT2D eigenvalue weighted by molar-refractivity contribution is 0.0169. The van der Waals surface area contributed by atoms with Crippen molar-refractivity contribution in [1.82, 2.24) is 10.2 Å². The second-order valence-electron chi connectivity index (χ2n) is 6.99. The predicted molar refractivity (Wildman–Crippen MR) is 130 cm³/mol. The van der Waals surface area contributed by atoms with Crippen LogP contribution < -0.4 is 20.5 Å². The number of halogens is 2. The van der Waals surface area contributed by atoms with Crippen molar-refractivity contribution in [2.45, 2.75) is 12.6 Å². The molecule has 1 heterocycles. The van der Waals surface area contributed by atoms with E-state index in [-0.39, 0.29) is 35.8 Å². The lowest BCUT2D eigenvalue weighted by atomic mass is 10.0. The maximum absolute atomic E-state index is 13.8. The lowest BCUT2D eigenvalue weighted by Gasteiger charge is -2.35. The van der Waals surface area contributed by atoms with Crippen molar-refractivity contribution in [3.05, 3.63) is 59.4 Å². The summed E-state index contributed by atoms with van der Waals surface area (Å²) in [7, 11) is 3.19. The van der Waals surface area contributed by atoms with Gasteiger partial charge in [0.1, 0.15) is 5.82 Å². The van der Waals surface area contributed by atoms with E-state index in [9.17, 15) is 4.39 Å². The smallest absolute Gasteiger partial charge is 0.188 e. The maximum Gasteiger partial charge on any atom is 0.188 e. The first kappa shape index (κ1) is 25.2. The van der Waals surface area contributed by atoms with Crippen LogP contribution in [0.15, 0.2) is 47.5 Å². The highest BCUT2D eigenvalue weighted by Crippen LogP contribution is 2.27. The first-order valence-corrected chi connectivity index (χ1v) is 9.92. The zero-order valence-corrected chi connectivity index (χ0v) is 20.2. The van der Waals surface area contributed by atoms with Crippen LogP contribution in [0.4, 0.5) is 4.39 Å². The molecule has 2 aromatic carbocycles. The van der Waals surface area contributed by atoms with Gasteiger partial charge in [-0.25, -0.2) is 9.38 Å². The molecule has 7 nitrogen and oxygen atoms in total. The summed E-state index contributed by atoms with van der Waals surface area (Å²) in [5.41, 5.74) is 7.95. The van der Waals surface area contributed by atoms with Gasteiger partial charge in [-0.2, -0.15) is 0 Å². The molecule has 1 aliphatic heterocycles. The number of ether oxygens (including phenoxy) is 3. The second-order valence-corrected chi connectivity index (χ2v) is 6.99. The van der Waals surface area contributed by atoms with Crippen LogP contribution >= 0.6 is 24.0 Å². The van der Waals surface area contributed by atoms with Crippen LogP contribution in [0.25, 0.3) is 0 Å². The number of hydrogen-bond acceptors (Lipinski definition) is 5. The normalized spacial score (nSPS) is 15.6. The van der Waals surface area contributed by atoms with Gasteiger partial charge in [-0.3, -0.25) is 4.90 Å². The monoisotopic (exact) mass is 544 g/mol. The average molecular weight is 544 g/mol. The van der Waals surface area contributed by atoms with Gasteiger partial charge in [-0.15, -0.1) is 24.0 Å². The van der Waals surface area contributed by atoms with Gasteiger partial charge in [-0.1, -0.05) is 18.2 Å². The summed E-state index contributed by atoms with van der Waals surface area (Å²) in [5.74, 6) is 1.40. The number of rotatable bonds is 8. The van der Waals surface area contributed by atoms with E-state index in [1.165, 1.54) is 6.07 Å². The molecule has 1 atom stereocenters. The van der Waals surface area contributed by atoms with Crippen molar-refractivity contribution in [2.75, 3.05) is 47.1 Å². The van der Waals surface area contributed by atoms with Gasteiger partial charge in [-0.05, 0) is 35.4 Å². The molecule has 170 valence electrons. The third-order valence-electron chi connectivity index (χ3n) is 5.08. The Labute approximate surface area is 199 Å². The molecule has 1 fully saturated rings. The van der Waals surface area contributed by atoms with Gasteiger partial charge in [0.15, 0.2) is 17.5 Å². The van der Waals surface area contributed by atoms with Crippen LogP contribution in [0, 0.1) is 5.82 Å². The van der Waals surface area contributed by atoms with E-state index in [0.29, 0.717) is 43.8 Å². The molecule has 3 N–H and O–H groups in total. The van der Waals surface area contributed by atoms with E-state index < -0.39 is 0 Å². The Hall–Kier alpha value is -2.11. The van der Waals surface area contributed by atoms with Crippen molar-refractivity contribution in [1.29, 1.82) is 0 Å². The van der Waals surface area contributed by atoms with Crippen LogP contribution in [0.3, 0.4) is 0 Å². The molecule has 9 heteroatoms. The number of nitrogens with zero attached hydrogens (tertiary/aromatic N) is 2. The van der Waals surface area contributed by atoms with Crippen LogP contribution in [-0.4, -0.2) is 57.9 Å². The van der Waals surface area contributed by atoms with E-state index in [2.05, 4.69) is 15.2 Å². The van der Waals surface area contributed by atoms with Crippen LogP contribution in [0.1, 0.15) is 17.2 Å². The molecule has 0 saturated carbocycles. The highest BCUT2D eigenvalue weighted by atomic mass is 127. The molecular formula is C22H30FIN4O3. The second kappa shape index (κ2) is 12.7. The van der Waals surface area contributed by atoms with Crippen molar-refractivity contribution < 1.29 is 18.6 Å². The Balaban J connectivity index is 0.00000341. The zero-order valence-electron chi connectivity index (χ0n) is 17.8. The fourth-order valence-electron chi connectivity index (χ4n) is 3.47. The van der Waals surface area contributed by atoms with Gasteiger partial charge in [0.2, 0.25) is 0 Å². The highest BCUT2D eigenvalue weighted by molar-refractivity contribution is 14.0. The summed E-state index contributed by atoms with van der Waals surface area (Å²) in [5, 5.41) is 3.19. The summed E-state index contributed by atoms with van der Waals surface area (Å²) < 4.78 is 29.8. The van der Waals surface area contributed by atoms with Gasteiger partial charge in [0.25, 0.3) is 0 Å². The zero-order chi connectivity index (χ0) is 21.3. The number of morpholine rings is 1. The molecule has 1 aliphatic rings. The van der Waals surface area contributed by atoms with E-state index in [0.717, 1.165) is 24.2 Å². The Morgan fingerprint density at radius 3 is 2.58 bits per heavy atom. The van der Waals surface area contributed by atoms with Gasteiger partial charge >= 0.3 is 0 Å². The van der Waals surface area contributed by atoms with Crippen LogP contribution in [0.5, 0.6) is 11.5 Å². The molecule has 0 aliphatic carbocycles. The lowest BCUT2D eigenvalue weighted by Crippen LogP contribution is -2.45. The Kier molecular flexibility index (Phi) is 10.3. The van der Waals surface area contributed by atoms with Crippen molar-refractivity contribution in [3.8, 4) is 11.5 Å². The Morgan fingerprint density at radius 1 is 1.16 bits per heavy atom. The fourth-order valence-corrected chi connectivity index (χ4v) is 3.47. The molecule has 0 radical (unpaired) electrons. The minimum atomic E-state index is -0.249. The number of nitrogens with one attached hydrogen (secondary N) is 1. The molecular weight excluding hydrogens is 514 g/mol. The molecule has 0 amide bonds. The van der Waals surface area contributed by atoms with E-state index in [1.807, 2.05) is 24.3 Å². The van der Waals surface area contributed by atoms with E-state index >= 15 is 0 Å². The quantitative estimate of drug-likeness (QED) is 0.302. The molecule has 0 bridgehead atoms. The van der Waals surface area contributed by atoms with Crippen molar-refractivity contribution in [2.24, 2.45) is 10.7 Å². The molecule has 3 rings (SSSR count). The largest absolute Gasteiger partial charge is 0.493 e.